The van der Waals surface area contributed by atoms with Gasteiger partial charge in [-0.15, -0.1) is 0 Å². The van der Waals surface area contributed by atoms with Gasteiger partial charge < -0.3 is 5.32 Å². The van der Waals surface area contributed by atoms with Crippen LogP contribution in [0, 0.1) is 11.8 Å². The largest absolute Gasteiger partial charge is 0.310 e. The van der Waals surface area contributed by atoms with E-state index in [0.717, 1.165) is 18.4 Å². The first-order valence-electron chi connectivity index (χ1n) is 6.04. The van der Waals surface area contributed by atoms with Crippen molar-refractivity contribution in [2.75, 3.05) is 6.54 Å². The lowest BCUT2D eigenvalue weighted by Gasteiger charge is -2.18. The summed E-state index contributed by atoms with van der Waals surface area (Å²) >= 11 is 0. The van der Waals surface area contributed by atoms with E-state index < -0.39 is 0 Å². The number of nitrogens with one attached hydrogen (secondary N) is 1. The molecule has 3 atom stereocenters. The molecule has 1 fully saturated rings. The number of rotatable bonds is 1. The molecule has 0 aromatic heterocycles. The monoisotopic (exact) mass is 203 g/mol. The van der Waals surface area contributed by atoms with Crippen LogP contribution in [0.3, 0.4) is 0 Å². The van der Waals surface area contributed by atoms with Gasteiger partial charge in [-0.05, 0) is 36.8 Å². The molecular weight excluding hydrogens is 182 g/mol. The Morgan fingerprint density at radius 1 is 1.00 bits per heavy atom. The van der Waals surface area contributed by atoms with E-state index in [9.17, 15) is 0 Å². The Bertz CT molecular complexity index is 293. The van der Waals surface area contributed by atoms with Crippen molar-refractivity contribution in [1.29, 1.82) is 0 Å². The summed E-state index contributed by atoms with van der Waals surface area (Å²) < 4.78 is 0. The van der Waals surface area contributed by atoms with Crippen LogP contribution in [0.25, 0.3) is 0 Å². The standard InChI is InChI=1S/C14H21N/c1-11-8-12(2)10-15-14(9-11)13-6-4-3-5-7-13/h3-7,11-12,14-15H,8-10H2,1-2H3/t11-,12+,14+/m0/s1. The lowest BCUT2D eigenvalue weighted by Crippen LogP contribution is -2.23. The van der Waals surface area contributed by atoms with Crippen LogP contribution in [0.4, 0.5) is 0 Å². The van der Waals surface area contributed by atoms with E-state index in [1.807, 2.05) is 0 Å². The molecule has 15 heavy (non-hydrogen) atoms. The molecule has 1 heterocycles. The highest BCUT2D eigenvalue weighted by Crippen LogP contribution is 2.28. The number of hydrogen-bond acceptors (Lipinski definition) is 1. The predicted octanol–water partition coefficient (Wildman–Crippen LogP) is 3.38. The van der Waals surface area contributed by atoms with Crippen LogP contribution in [0.2, 0.25) is 0 Å². The third-order valence-electron chi connectivity index (χ3n) is 3.36. The normalized spacial score (nSPS) is 32.3. The van der Waals surface area contributed by atoms with Gasteiger partial charge in [0, 0.05) is 6.04 Å². The molecule has 1 heteroatoms. The fraction of sp³-hybridized carbons (Fsp3) is 0.571. The number of hydrogen-bond donors (Lipinski definition) is 1. The second-order valence-electron chi connectivity index (χ2n) is 5.05. The molecule has 1 aliphatic heterocycles. The molecule has 0 spiro atoms. The van der Waals surface area contributed by atoms with Gasteiger partial charge >= 0.3 is 0 Å². The Morgan fingerprint density at radius 3 is 2.47 bits per heavy atom. The van der Waals surface area contributed by atoms with Gasteiger partial charge in [-0.2, -0.15) is 0 Å². The first-order chi connectivity index (χ1) is 7.25. The van der Waals surface area contributed by atoms with Crippen molar-refractivity contribution >= 4 is 0 Å². The third kappa shape index (κ3) is 2.82. The fourth-order valence-electron chi connectivity index (χ4n) is 2.63. The van der Waals surface area contributed by atoms with Crippen molar-refractivity contribution in [3.05, 3.63) is 35.9 Å². The molecule has 0 unspecified atom stereocenters. The highest BCUT2D eigenvalue weighted by atomic mass is 14.9. The molecule has 82 valence electrons. The second kappa shape index (κ2) is 4.80. The van der Waals surface area contributed by atoms with Gasteiger partial charge in [0.1, 0.15) is 0 Å². The van der Waals surface area contributed by atoms with Crippen LogP contribution in [-0.2, 0) is 0 Å². The maximum absolute atomic E-state index is 3.68. The molecular formula is C14H21N. The molecule has 0 bridgehead atoms. The summed E-state index contributed by atoms with van der Waals surface area (Å²) in [4.78, 5) is 0. The van der Waals surface area contributed by atoms with Crippen molar-refractivity contribution < 1.29 is 0 Å². The smallest absolute Gasteiger partial charge is 0.0322 e. The molecule has 1 aromatic carbocycles. The maximum Gasteiger partial charge on any atom is 0.0322 e. The quantitative estimate of drug-likeness (QED) is 0.737. The predicted molar refractivity (Wildman–Crippen MR) is 64.7 cm³/mol. The van der Waals surface area contributed by atoms with E-state index >= 15 is 0 Å². The molecule has 2 rings (SSSR count). The van der Waals surface area contributed by atoms with E-state index in [0.29, 0.717) is 6.04 Å². The summed E-state index contributed by atoms with van der Waals surface area (Å²) in [5.74, 6) is 1.65. The maximum atomic E-state index is 3.68. The van der Waals surface area contributed by atoms with E-state index in [1.165, 1.54) is 18.4 Å². The molecule has 1 N–H and O–H groups in total. The van der Waals surface area contributed by atoms with Gasteiger partial charge in [-0.1, -0.05) is 44.2 Å². The van der Waals surface area contributed by atoms with Crippen LogP contribution >= 0.6 is 0 Å². The fourth-order valence-corrected chi connectivity index (χ4v) is 2.63. The van der Waals surface area contributed by atoms with Gasteiger partial charge in [-0.3, -0.25) is 0 Å². The summed E-state index contributed by atoms with van der Waals surface area (Å²) in [6.45, 7) is 5.88. The SMILES string of the molecule is C[C@H]1CN[C@@H](c2ccccc2)C[C@@H](C)C1. The first kappa shape index (κ1) is 10.7. The van der Waals surface area contributed by atoms with Gasteiger partial charge in [-0.25, -0.2) is 0 Å². The average molecular weight is 203 g/mol. The molecule has 0 aliphatic carbocycles. The van der Waals surface area contributed by atoms with Crippen molar-refractivity contribution in [2.45, 2.75) is 32.7 Å². The van der Waals surface area contributed by atoms with E-state index in [1.54, 1.807) is 0 Å². The molecule has 0 saturated carbocycles. The summed E-state index contributed by atoms with van der Waals surface area (Å²) in [5.41, 5.74) is 1.44. The van der Waals surface area contributed by atoms with Crippen molar-refractivity contribution in [3.8, 4) is 0 Å². The summed E-state index contributed by atoms with van der Waals surface area (Å²) in [6, 6.07) is 11.4. The summed E-state index contributed by atoms with van der Waals surface area (Å²) in [5, 5.41) is 3.68. The number of benzene rings is 1. The van der Waals surface area contributed by atoms with E-state index in [2.05, 4.69) is 49.5 Å². The Kier molecular flexibility index (Phi) is 3.42. The van der Waals surface area contributed by atoms with Crippen LogP contribution in [0.5, 0.6) is 0 Å². The highest BCUT2D eigenvalue weighted by Gasteiger charge is 2.21. The lowest BCUT2D eigenvalue weighted by molar-refractivity contribution is 0.427. The third-order valence-corrected chi connectivity index (χ3v) is 3.36. The lowest BCUT2D eigenvalue weighted by atomic mass is 9.92. The summed E-state index contributed by atoms with van der Waals surface area (Å²) in [7, 11) is 0. The minimum Gasteiger partial charge on any atom is -0.310 e. The van der Waals surface area contributed by atoms with Crippen molar-refractivity contribution in [3.63, 3.8) is 0 Å². The van der Waals surface area contributed by atoms with Gasteiger partial charge in [0.2, 0.25) is 0 Å². The average Bonchev–Trinajstić information content (AvgIpc) is 2.41. The second-order valence-corrected chi connectivity index (χ2v) is 5.05. The van der Waals surface area contributed by atoms with Crippen molar-refractivity contribution in [2.24, 2.45) is 11.8 Å². The minimum atomic E-state index is 0.561. The topological polar surface area (TPSA) is 12.0 Å². The zero-order chi connectivity index (χ0) is 10.7. The van der Waals surface area contributed by atoms with E-state index in [4.69, 9.17) is 0 Å². The molecule has 0 radical (unpaired) electrons. The van der Waals surface area contributed by atoms with Gasteiger partial charge in [0.05, 0.1) is 0 Å². The first-order valence-corrected chi connectivity index (χ1v) is 6.04. The Balaban J connectivity index is 2.09. The Morgan fingerprint density at radius 2 is 1.73 bits per heavy atom. The van der Waals surface area contributed by atoms with Gasteiger partial charge in [0.25, 0.3) is 0 Å². The van der Waals surface area contributed by atoms with Gasteiger partial charge in [0.15, 0.2) is 0 Å². The zero-order valence-electron chi connectivity index (χ0n) is 9.74. The van der Waals surface area contributed by atoms with Crippen LogP contribution in [0.1, 0.15) is 38.3 Å². The molecule has 1 aliphatic rings. The minimum absolute atomic E-state index is 0.561. The van der Waals surface area contributed by atoms with Crippen LogP contribution < -0.4 is 5.32 Å². The highest BCUT2D eigenvalue weighted by molar-refractivity contribution is 5.19. The van der Waals surface area contributed by atoms with E-state index in [-0.39, 0.29) is 0 Å². The zero-order valence-corrected chi connectivity index (χ0v) is 9.74. The molecule has 1 nitrogen and oxygen atoms in total. The summed E-state index contributed by atoms with van der Waals surface area (Å²) in [6.07, 6.45) is 2.63. The molecule has 1 aromatic rings. The Labute approximate surface area is 92.9 Å². The Hall–Kier alpha value is -0.820. The molecule has 1 saturated heterocycles. The molecule has 0 amide bonds. The van der Waals surface area contributed by atoms with Crippen LogP contribution in [-0.4, -0.2) is 6.54 Å². The van der Waals surface area contributed by atoms with Crippen LogP contribution in [0.15, 0.2) is 30.3 Å². The van der Waals surface area contributed by atoms with Crippen molar-refractivity contribution in [1.82, 2.24) is 5.32 Å².